The zero-order valence-corrected chi connectivity index (χ0v) is 16.6. The third kappa shape index (κ3) is 3.80. The van der Waals surface area contributed by atoms with E-state index < -0.39 is 0 Å². The van der Waals surface area contributed by atoms with Crippen LogP contribution in [-0.2, 0) is 16.0 Å². The van der Waals surface area contributed by atoms with Crippen molar-refractivity contribution in [1.29, 1.82) is 0 Å². The van der Waals surface area contributed by atoms with Crippen LogP contribution in [0, 0.1) is 0 Å². The number of thiophene rings is 1. The first kappa shape index (κ1) is 17.6. The maximum atomic E-state index is 12.2. The average Bonchev–Trinajstić information content (AvgIpc) is 3.35. The Balaban J connectivity index is 1.38. The van der Waals surface area contributed by atoms with E-state index in [0.717, 1.165) is 17.0 Å². The number of amides is 2. The summed E-state index contributed by atoms with van der Waals surface area (Å²) < 4.78 is 0.703. The van der Waals surface area contributed by atoms with E-state index in [0.29, 0.717) is 33.3 Å². The summed E-state index contributed by atoms with van der Waals surface area (Å²) in [5.41, 5.74) is 1.45. The fourth-order valence-electron chi connectivity index (χ4n) is 2.58. The SMILES string of the molecule is O=C(Cc1csc(N2CCCC2=O)n1)Nc1nc(-c2ccc(Cl)s2)cs1. The second kappa shape index (κ2) is 7.43. The lowest BCUT2D eigenvalue weighted by Crippen LogP contribution is -2.23. The molecular formula is C16H13ClN4O2S3. The minimum absolute atomic E-state index is 0.0966. The van der Waals surface area contributed by atoms with Crippen LogP contribution in [0.1, 0.15) is 18.5 Å². The van der Waals surface area contributed by atoms with Gasteiger partial charge in [0.05, 0.1) is 27.0 Å². The number of hydrogen-bond acceptors (Lipinski definition) is 7. The molecule has 0 atom stereocenters. The van der Waals surface area contributed by atoms with E-state index in [1.54, 1.807) is 4.90 Å². The first-order chi connectivity index (χ1) is 12.6. The molecule has 0 bridgehead atoms. The normalized spacial score (nSPS) is 14.2. The molecule has 3 aromatic rings. The number of hydrogen-bond donors (Lipinski definition) is 1. The Bertz CT molecular complexity index is 964. The van der Waals surface area contributed by atoms with E-state index in [1.165, 1.54) is 34.0 Å². The number of rotatable bonds is 5. The van der Waals surface area contributed by atoms with Gasteiger partial charge in [0.25, 0.3) is 0 Å². The van der Waals surface area contributed by atoms with E-state index in [-0.39, 0.29) is 18.2 Å². The van der Waals surface area contributed by atoms with Crippen LogP contribution in [0.3, 0.4) is 0 Å². The molecule has 2 amide bonds. The lowest BCUT2D eigenvalue weighted by Gasteiger charge is -2.10. The number of carbonyl (C=O) groups excluding carboxylic acids is 2. The number of nitrogens with one attached hydrogen (secondary N) is 1. The van der Waals surface area contributed by atoms with Gasteiger partial charge in [-0.25, -0.2) is 9.97 Å². The summed E-state index contributed by atoms with van der Waals surface area (Å²) in [6.07, 6.45) is 1.57. The smallest absolute Gasteiger partial charge is 0.232 e. The highest BCUT2D eigenvalue weighted by Crippen LogP contribution is 2.33. The molecule has 0 aliphatic carbocycles. The highest BCUT2D eigenvalue weighted by atomic mass is 35.5. The van der Waals surface area contributed by atoms with Crippen molar-refractivity contribution in [2.75, 3.05) is 16.8 Å². The Hall–Kier alpha value is -1.81. The van der Waals surface area contributed by atoms with E-state index in [9.17, 15) is 9.59 Å². The molecule has 6 nitrogen and oxygen atoms in total. The van der Waals surface area contributed by atoms with Gasteiger partial charge in [0.1, 0.15) is 0 Å². The minimum atomic E-state index is -0.181. The van der Waals surface area contributed by atoms with Crippen molar-refractivity contribution in [1.82, 2.24) is 9.97 Å². The van der Waals surface area contributed by atoms with Crippen molar-refractivity contribution in [3.05, 3.63) is 32.9 Å². The molecule has 26 heavy (non-hydrogen) atoms. The van der Waals surface area contributed by atoms with Gasteiger partial charge in [-0.15, -0.1) is 34.0 Å². The lowest BCUT2D eigenvalue weighted by molar-refractivity contribution is -0.117. The van der Waals surface area contributed by atoms with Crippen LogP contribution in [0.5, 0.6) is 0 Å². The first-order valence-corrected chi connectivity index (χ1v) is 10.8. The minimum Gasteiger partial charge on any atom is -0.302 e. The van der Waals surface area contributed by atoms with Gasteiger partial charge >= 0.3 is 0 Å². The van der Waals surface area contributed by atoms with Crippen molar-refractivity contribution in [3.63, 3.8) is 0 Å². The Morgan fingerprint density at radius 3 is 2.88 bits per heavy atom. The summed E-state index contributed by atoms with van der Waals surface area (Å²) >= 11 is 10.2. The van der Waals surface area contributed by atoms with Gasteiger partial charge in [0.15, 0.2) is 10.3 Å². The summed E-state index contributed by atoms with van der Waals surface area (Å²) in [5, 5.41) is 7.72. The topological polar surface area (TPSA) is 75.2 Å². The number of halogens is 1. The molecule has 0 unspecified atom stereocenters. The Kier molecular flexibility index (Phi) is 5.03. The Morgan fingerprint density at radius 2 is 2.15 bits per heavy atom. The van der Waals surface area contributed by atoms with E-state index in [4.69, 9.17) is 11.6 Å². The third-order valence-electron chi connectivity index (χ3n) is 3.76. The first-order valence-electron chi connectivity index (χ1n) is 7.84. The summed E-state index contributed by atoms with van der Waals surface area (Å²) in [5.74, 6) is -0.0842. The highest BCUT2D eigenvalue weighted by Gasteiger charge is 2.24. The summed E-state index contributed by atoms with van der Waals surface area (Å²) in [4.78, 5) is 35.5. The van der Waals surface area contributed by atoms with Crippen LogP contribution in [0.4, 0.5) is 10.3 Å². The molecule has 1 aliphatic rings. The Labute approximate surface area is 166 Å². The molecule has 134 valence electrons. The average molecular weight is 425 g/mol. The highest BCUT2D eigenvalue weighted by molar-refractivity contribution is 7.20. The van der Waals surface area contributed by atoms with Crippen LogP contribution in [-0.4, -0.2) is 28.3 Å². The van der Waals surface area contributed by atoms with Gasteiger partial charge in [-0.1, -0.05) is 11.6 Å². The van der Waals surface area contributed by atoms with Crippen molar-refractivity contribution in [2.24, 2.45) is 0 Å². The van der Waals surface area contributed by atoms with Crippen LogP contribution in [0.25, 0.3) is 10.6 Å². The van der Waals surface area contributed by atoms with Crippen LogP contribution >= 0.6 is 45.6 Å². The number of anilines is 2. The van der Waals surface area contributed by atoms with Gasteiger partial charge in [0.2, 0.25) is 11.8 Å². The Morgan fingerprint density at radius 1 is 1.27 bits per heavy atom. The molecule has 1 saturated heterocycles. The van der Waals surface area contributed by atoms with Gasteiger partial charge in [-0.2, -0.15) is 0 Å². The second-order valence-electron chi connectivity index (χ2n) is 5.64. The molecule has 0 radical (unpaired) electrons. The monoisotopic (exact) mass is 424 g/mol. The van der Waals surface area contributed by atoms with Crippen molar-refractivity contribution in [3.8, 4) is 10.6 Å². The molecule has 0 aromatic carbocycles. The zero-order chi connectivity index (χ0) is 18.1. The van der Waals surface area contributed by atoms with Gasteiger partial charge in [0, 0.05) is 23.7 Å². The molecule has 4 rings (SSSR count). The molecule has 0 spiro atoms. The number of thiazole rings is 2. The van der Waals surface area contributed by atoms with Gasteiger partial charge < -0.3 is 5.32 Å². The summed E-state index contributed by atoms with van der Waals surface area (Å²) in [6.45, 7) is 0.701. The molecule has 1 aliphatic heterocycles. The largest absolute Gasteiger partial charge is 0.302 e. The third-order valence-corrected chi connectivity index (χ3v) is 6.69. The zero-order valence-electron chi connectivity index (χ0n) is 13.4. The number of carbonyl (C=O) groups is 2. The molecule has 1 fully saturated rings. The van der Waals surface area contributed by atoms with E-state index in [1.807, 2.05) is 22.9 Å². The van der Waals surface area contributed by atoms with Gasteiger partial charge in [-0.3, -0.25) is 14.5 Å². The number of aromatic nitrogens is 2. The summed E-state index contributed by atoms with van der Waals surface area (Å²) in [7, 11) is 0. The number of nitrogens with zero attached hydrogens (tertiary/aromatic N) is 3. The van der Waals surface area contributed by atoms with Gasteiger partial charge in [-0.05, 0) is 18.6 Å². The maximum absolute atomic E-state index is 12.2. The molecule has 10 heteroatoms. The lowest BCUT2D eigenvalue weighted by atomic mass is 10.3. The molecule has 1 N–H and O–H groups in total. The second-order valence-corrected chi connectivity index (χ2v) is 9.05. The molecule has 0 saturated carbocycles. The molecule has 4 heterocycles. The standard InChI is InChI=1S/C16H13ClN4O2S3/c17-12-4-3-11(26-12)10-8-24-15(19-10)20-13(22)6-9-7-25-16(18-9)21-5-1-2-14(21)23/h3-4,7-8H,1-2,5-6H2,(H,19,20,22). The molecule has 3 aromatic heterocycles. The predicted molar refractivity (Wildman–Crippen MR) is 106 cm³/mol. The van der Waals surface area contributed by atoms with Crippen molar-refractivity contribution in [2.45, 2.75) is 19.3 Å². The van der Waals surface area contributed by atoms with Crippen molar-refractivity contribution >= 4 is 67.7 Å². The van der Waals surface area contributed by atoms with Crippen LogP contribution in [0.2, 0.25) is 4.34 Å². The van der Waals surface area contributed by atoms with E-state index in [2.05, 4.69) is 15.3 Å². The van der Waals surface area contributed by atoms with E-state index >= 15 is 0 Å². The predicted octanol–water partition coefficient (Wildman–Crippen LogP) is 4.29. The van der Waals surface area contributed by atoms with Crippen LogP contribution < -0.4 is 10.2 Å². The quantitative estimate of drug-likeness (QED) is 0.662. The summed E-state index contributed by atoms with van der Waals surface area (Å²) in [6, 6.07) is 3.73. The van der Waals surface area contributed by atoms with Crippen LogP contribution in [0.15, 0.2) is 22.9 Å². The fourth-order valence-corrected chi connectivity index (χ4v) is 5.25. The van der Waals surface area contributed by atoms with Crippen molar-refractivity contribution < 1.29 is 9.59 Å². The molecular weight excluding hydrogens is 412 g/mol. The maximum Gasteiger partial charge on any atom is 0.232 e. The fraction of sp³-hybridized carbons (Fsp3) is 0.250.